The molecule has 1 aliphatic rings. The smallest absolute Gasteiger partial charge is 0.0594 e. The summed E-state index contributed by atoms with van der Waals surface area (Å²) in [5, 5.41) is 0. The Balaban J connectivity index is 1.58. The van der Waals surface area contributed by atoms with E-state index >= 15 is 0 Å². The van der Waals surface area contributed by atoms with Crippen molar-refractivity contribution >= 4 is 0 Å². The van der Waals surface area contributed by atoms with Crippen LogP contribution in [0.5, 0.6) is 0 Å². The molecule has 2 nitrogen and oxygen atoms in total. The number of ether oxygens (including phenoxy) is 1. The van der Waals surface area contributed by atoms with Gasteiger partial charge in [0.15, 0.2) is 0 Å². The number of hydrogen-bond donors (Lipinski definition) is 0. The number of morpholine rings is 1. The van der Waals surface area contributed by atoms with Crippen LogP contribution < -0.4 is 0 Å². The SMILES string of the molecule is [c]1cc(-c2ccccc2)ccc1CCN1CCOCC1. The lowest BCUT2D eigenvalue weighted by molar-refractivity contribution is 0.0384. The molecule has 0 N–H and O–H groups in total. The van der Waals surface area contributed by atoms with Gasteiger partial charge in [-0.15, -0.1) is 0 Å². The zero-order valence-electron chi connectivity index (χ0n) is 11.7. The fourth-order valence-electron chi connectivity index (χ4n) is 2.53. The Hall–Kier alpha value is -1.64. The van der Waals surface area contributed by atoms with E-state index in [4.69, 9.17) is 4.74 Å². The van der Waals surface area contributed by atoms with Gasteiger partial charge in [0.1, 0.15) is 0 Å². The van der Waals surface area contributed by atoms with Gasteiger partial charge in [0.05, 0.1) is 13.2 Å². The second-order valence-corrected chi connectivity index (χ2v) is 5.17. The average molecular weight is 266 g/mol. The van der Waals surface area contributed by atoms with Gasteiger partial charge < -0.3 is 4.74 Å². The molecule has 2 heteroatoms. The van der Waals surface area contributed by atoms with Gasteiger partial charge in [-0.2, -0.15) is 0 Å². The third-order valence-corrected chi connectivity index (χ3v) is 3.79. The molecule has 103 valence electrons. The summed E-state index contributed by atoms with van der Waals surface area (Å²) < 4.78 is 5.37. The summed E-state index contributed by atoms with van der Waals surface area (Å²) in [5.74, 6) is 0. The molecule has 0 saturated carbocycles. The van der Waals surface area contributed by atoms with Crippen LogP contribution in [0.1, 0.15) is 5.56 Å². The van der Waals surface area contributed by atoms with Crippen molar-refractivity contribution in [1.29, 1.82) is 0 Å². The van der Waals surface area contributed by atoms with Crippen molar-refractivity contribution in [3.8, 4) is 11.1 Å². The van der Waals surface area contributed by atoms with Gasteiger partial charge in [-0.05, 0) is 35.2 Å². The molecule has 0 aromatic heterocycles. The first-order chi connectivity index (χ1) is 9.92. The van der Waals surface area contributed by atoms with Gasteiger partial charge in [-0.25, -0.2) is 0 Å². The number of benzene rings is 2. The minimum absolute atomic E-state index is 0.872. The van der Waals surface area contributed by atoms with Gasteiger partial charge in [-0.3, -0.25) is 4.90 Å². The van der Waals surface area contributed by atoms with E-state index in [1.54, 1.807) is 0 Å². The molecular weight excluding hydrogens is 246 g/mol. The van der Waals surface area contributed by atoms with E-state index in [1.807, 2.05) is 6.07 Å². The van der Waals surface area contributed by atoms with Crippen LogP contribution in [0.25, 0.3) is 11.1 Å². The van der Waals surface area contributed by atoms with E-state index in [-0.39, 0.29) is 0 Å². The van der Waals surface area contributed by atoms with Gasteiger partial charge in [-0.1, -0.05) is 42.5 Å². The van der Waals surface area contributed by atoms with Gasteiger partial charge >= 0.3 is 0 Å². The number of rotatable bonds is 4. The van der Waals surface area contributed by atoms with Crippen molar-refractivity contribution in [3.63, 3.8) is 0 Å². The summed E-state index contributed by atoms with van der Waals surface area (Å²) in [6.07, 6.45) is 1.06. The molecule has 0 bridgehead atoms. The summed E-state index contributed by atoms with van der Waals surface area (Å²) >= 11 is 0. The largest absolute Gasteiger partial charge is 0.379 e. The van der Waals surface area contributed by atoms with E-state index < -0.39 is 0 Å². The van der Waals surface area contributed by atoms with E-state index in [0.29, 0.717) is 0 Å². The molecule has 0 atom stereocenters. The Labute approximate surface area is 121 Å². The molecule has 1 fully saturated rings. The highest BCUT2D eigenvalue weighted by atomic mass is 16.5. The van der Waals surface area contributed by atoms with Gasteiger partial charge in [0, 0.05) is 19.6 Å². The summed E-state index contributed by atoms with van der Waals surface area (Å²) in [5.41, 5.74) is 3.78. The lowest BCUT2D eigenvalue weighted by Gasteiger charge is -2.26. The molecule has 1 radical (unpaired) electrons. The van der Waals surface area contributed by atoms with Crippen LogP contribution in [0.3, 0.4) is 0 Å². The maximum atomic E-state index is 5.37. The van der Waals surface area contributed by atoms with Crippen LogP contribution in [0.4, 0.5) is 0 Å². The first kappa shape index (κ1) is 13.3. The fraction of sp³-hybridized carbons (Fsp3) is 0.333. The molecule has 0 spiro atoms. The molecule has 0 amide bonds. The first-order valence-corrected chi connectivity index (χ1v) is 7.28. The monoisotopic (exact) mass is 266 g/mol. The normalized spacial score (nSPS) is 16.2. The molecule has 20 heavy (non-hydrogen) atoms. The number of hydrogen-bond acceptors (Lipinski definition) is 2. The molecule has 2 aromatic carbocycles. The standard InChI is InChI=1S/C18H20NO/c1-2-4-17(5-3-1)18-8-6-16(7-9-18)10-11-19-12-14-20-15-13-19/h1-6,8-9H,10-15H2. The molecule has 0 aliphatic carbocycles. The van der Waals surface area contributed by atoms with Crippen LogP contribution >= 0.6 is 0 Å². The fourth-order valence-corrected chi connectivity index (χ4v) is 2.53. The molecule has 1 saturated heterocycles. The first-order valence-electron chi connectivity index (χ1n) is 7.28. The van der Waals surface area contributed by atoms with Crippen molar-refractivity contribution in [2.45, 2.75) is 6.42 Å². The molecule has 3 rings (SSSR count). The van der Waals surface area contributed by atoms with Crippen molar-refractivity contribution in [2.24, 2.45) is 0 Å². The topological polar surface area (TPSA) is 12.5 Å². The average Bonchev–Trinajstić information content (AvgIpc) is 2.55. The minimum atomic E-state index is 0.872. The highest BCUT2D eigenvalue weighted by Crippen LogP contribution is 2.19. The van der Waals surface area contributed by atoms with Crippen LogP contribution in [-0.2, 0) is 11.2 Å². The van der Waals surface area contributed by atoms with Crippen molar-refractivity contribution in [1.82, 2.24) is 4.90 Å². The Bertz CT molecular complexity index is 515. The Morgan fingerprint density at radius 2 is 1.75 bits per heavy atom. The van der Waals surface area contributed by atoms with Crippen LogP contribution in [0.2, 0.25) is 0 Å². The quantitative estimate of drug-likeness (QED) is 0.843. The van der Waals surface area contributed by atoms with E-state index in [2.05, 4.69) is 53.4 Å². The maximum absolute atomic E-state index is 5.37. The predicted octanol–water partition coefficient (Wildman–Crippen LogP) is 3.03. The summed E-state index contributed by atoms with van der Waals surface area (Å²) in [6.45, 7) is 4.96. The van der Waals surface area contributed by atoms with Crippen LogP contribution in [0.15, 0.2) is 48.5 Å². The molecule has 1 heterocycles. The van der Waals surface area contributed by atoms with Gasteiger partial charge in [0.2, 0.25) is 0 Å². The molecule has 0 unspecified atom stereocenters. The third kappa shape index (κ3) is 3.47. The second kappa shape index (κ2) is 6.69. The van der Waals surface area contributed by atoms with E-state index in [1.165, 1.54) is 16.7 Å². The lowest BCUT2D eigenvalue weighted by atomic mass is 10.0. The highest BCUT2D eigenvalue weighted by Gasteiger charge is 2.09. The zero-order valence-corrected chi connectivity index (χ0v) is 11.7. The molecule has 1 aliphatic heterocycles. The Morgan fingerprint density at radius 1 is 0.950 bits per heavy atom. The highest BCUT2D eigenvalue weighted by molar-refractivity contribution is 5.63. The van der Waals surface area contributed by atoms with Crippen LogP contribution in [-0.4, -0.2) is 37.7 Å². The zero-order chi connectivity index (χ0) is 13.6. The molecular formula is C18H20NO. The summed E-state index contributed by atoms with van der Waals surface area (Å²) in [6, 6.07) is 20.4. The summed E-state index contributed by atoms with van der Waals surface area (Å²) in [7, 11) is 0. The van der Waals surface area contributed by atoms with Crippen molar-refractivity contribution in [3.05, 3.63) is 60.2 Å². The Kier molecular flexibility index (Phi) is 4.46. The van der Waals surface area contributed by atoms with Crippen LogP contribution in [0, 0.1) is 6.07 Å². The summed E-state index contributed by atoms with van der Waals surface area (Å²) in [4.78, 5) is 2.46. The van der Waals surface area contributed by atoms with E-state index in [9.17, 15) is 0 Å². The van der Waals surface area contributed by atoms with Gasteiger partial charge in [0.25, 0.3) is 0 Å². The number of nitrogens with zero attached hydrogens (tertiary/aromatic N) is 1. The minimum Gasteiger partial charge on any atom is -0.379 e. The van der Waals surface area contributed by atoms with Crippen molar-refractivity contribution in [2.75, 3.05) is 32.8 Å². The van der Waals surface area contributed by atoms with E-state index in [0.717, 1.165) is 39.3 Å². The maximum Gasteiger partial charge on any atom is 0.0594 e. The Morgan fingerprint density at radius 3 is 2.45 bits per heavy atom. The van der Waals surface area contributed by atoms with Crippen molar-refractivity contribution < 1.29 is 4.74 Å². The lowest BCUT2D eigenvalue weighted by Crippen LogP contribution is -2.37. The molecule has 2 aromatic rings. The predicted molar refractivity (Wildman–Crippen MR) is 81.7 cm³/mol. The third-order valence-electron chi connectivity index (χ3n) is 3.79. The second-order valence-electron chi connectivity index (χ2n) is 5.17.